The van der Waals surface area contributed by atoms with Gasteiger partial charge in [-0.15, -0.1) is 0 Å². The van der Waals surface area contributed by atoms with Crippen LogP contribution in [0.25, 0.3) is 11.1 Å². The van der Waals surface area contributed by atoms with Crippen molar-refractivity contribution in [1.82, 2.24) is 9.88 Å². The fourth-order valence-corrected chi connectivity index (χ4v) is 3.12. The molecule has 5 nitrogen and oxygen atoms in total. The van der Waals surface area contributed by atoms with Crippen LogP contribution >= 0.6 is 0 Å². The number of piperidine rings is 1. The van der Waals surface area contributed by atoms with E-state index in [2.05, 4.69) is 9.88 Å². The topological polar surface area (TPSA) is 58.7 Å². The van der Waals surface area contributed by atoms with E-state index in [0.717, 1.165) is 42.9 Å². The van der Waals surface area contributed by atoms with Crippen molar-refractivity contribution in [2.75, 3.05) is 26.2 Å². The van der Waals surface area contributed by atoms with Gasteiger partial charge in [0.2, 0.25) is 0 Å². The molecule has 2 aromatic rings. The summed E-state index contributed by atoms with van der Waals surface area (Å²) in [7, 11) is 0. The number of ether oxygens (including phenoxy) is 1. The van der Waals surface area contributed by atoms with Gasteiger partial charge in [-0.25, -0.2) is 4.98 Å². The molecule has 5 heteroatoms. The van der Waals surface area contributed by atoms with E-state index in [0.29, 0.717) is 19.1 Å². The van der Waals surface area contributed by atoms with Crippen molar-refractivity contribution >= 4 is 11.1 Å². The number of oxazole rings is 1. The summed E-state index contributed by atoms with van der Waals surface area (Å²) < 4.78 is 11.6. The lowest BCUT2D eigenvalue weighted by atomic mass is 9.96. The van der Waals surface area contributed by atoms with Gasteiger partial charge < -0.3 is 19.2 Å². The van der Waals surface area contributed by atoms with E-state index >= 15 is 0 Å². The predicted octanol–water partition coefficient (Wildman–Crippen LogP) is 3.18. The van der Waals surface area contributed by atoms with Crippen LogP contribution in [-0.4, -0.2) is 52.9 Å². The van der Waals surface area contributed by atoms with Crippen molar-refractivity contribution in [2.24, 2.45) is 0 Å². The first-order chi connectivity index (χ1) is 11.4. The maximum absolute atomic E-state index is 10.1. The van der Waals surface area contributed by atoms with Crippen molar-refractivity contribution in [3.8, 4) is 0 Å². The van der Waals surface area contributed by atoms with Gasteiger partial charge in [-0.3, -0.25) is 0 Å². The molecule has 0 saturated carbocycles. The Morgan fingerprint density at radius 2 is 2.00 bits per heavy atom. The molecule has 1 aromatic heterocycles. The van der Waals surface area contributed by atoms with E-state index in [1.54, 1.807) is 0 Å². The second-order valence-electron chi connectivity index (χ2n) is 7.67. The molecule has 1 N–H and O–H groups in total. The summed E-state index contributed by atoms with van der Waals surface area (Å²) in [6.45, 7) is 8.97. The molecule has 0 aliphatic carbocycles. The first-order valence-electron chi connectivity index (χ1n) is 8.80. The summed E-state index contributed by atoms with van der Waals surface area (Å²) in [5, 5.41) is 10.1. The van der Waals surface area contributed by atoms with Crippen LogP contribution in [0.15, 0.2) is 28.7 Å². The van der Waals surface area contributed by atoms with Crippen molar-refractivity contribution < 1.29 is 14.3 Å². The Bertz CT molecular complexity index is 621. The second-order valence-corrected chi connectivity index (χ2v) is 7.67. The van der Waals surface area contributed by atoms with Gasteiger partial charge in [-0.2, -0.15) is 0 Å². The zero-order chi connectivity index (χ0) is 17.2. The normalized spacial score (nSPS) is 19.0. The molecule has 0 amide bonds. The molecule has 1 aliphatic rings. The molecule has 1 aliphatic heterocycles. The van der Waals surface area contributed by atoms with Crippen LogP contribution in [0.2, 0.25) is 0 Å². The molecule has 0 radical (unpaired) electrons. The van der Waals surface area contributed by atoms with Crippen LogP contribution in [0.5, 0.6) is 0 Å². The Kier molecular flexibility index (Phi) is 5.23. The minimum atomic E-state index is -0.440. The molecule has 0 bridgehead atoms. The van der Waals surface area contributed by atoms with Gasteiger partial charge in [-0.1, -0.05) is 12.1 Å². The van der Waals surface area contributed by atoms with Gasteiger partial charge >= 0.3 is 0 Å². The van der Waals surface area contributed by atoms with Crippen LogP contribution in [-0.2, 0) is 4.74 Å². The predicted molar refractivity (Wildman–Crippen MR) is 94.1 cm³/mol. The highest BCUT2D eigenvalue weighted by atomic mass is 16.5. The largest absolute Gasteiger partial charge is 0.440 e. The van der Waals surface area contributed by atoms with Crippen LogP contribution in [0.4, 0.5) is 0 Å². The number of aromatic nitrogens is 1. The van der Waals surface area contributed by atoms with Gasteiger partial charge in [0.1, 0.15) is 5.52 Å². The number of para-hydroxylation sites is 2. The van der Waals surface area contributed by atoms with E-state index in [1.807, 2.05) is 45.0 Å². The molecule has 2 heterocycles. The highest BCUT2D eigenvalue weighted by Gasteiger charge is 2.26. The number of aliphatic hydroxyl groups is 1. The summed E-state index contributed by atoms with van der Waals surface area (Å²) in [4.78, 5) is 6.93. The number of benzene rings is 1. The average Bonchev–Trinajstić information content (AvgIpc) is 2.97. The van der Waals surface area contributed by atoms with Crippen molar-refractivity contribution in [3.63, 3.8) is 0 Å². The summed E-state index contributed by atoms with van der Waals surface area (Å²) in [5.41, 5.74) is 1.59. The van der Waals surface area contributed by atoms with Crippen LogP contribution in [0.1, 0.15) is 45.4 Å². The number of β-amino-alcohol motifs (C(OH)–C–C–N with tert-alkyl or cyclic N) is 1. The van der Waals surface area contributed by atoms with E-state index in [1.165, 1.54) is 0 Å². The standard InChI is InChI=1S/C19H28N2O3/c1-19(2,3)23-13-15(22)12-21-10-8-14(9-11-21)18-20-16-6-4-5-7-17(16)24-18/h4-7,14-15,22H,8-13H2,1-3H3. The van der Waals surface area contributed by atoms with Crippen molar-refractivity contribution in [2.45, 2.75) is 51.2 Å². The molecule has 3 rings (SSSR count). The number of likely N-dealkylation sites (tertiary alicyclic amines) is 1. The average molecular weight is 332 g/mol. The lowest BCUT2D eigenvalue weighted by molar-refractivity contribution is -0.0574. The molecule has 132 valence electrons. The number of hydrogen-bond acceptors (Lipinski definition) is 5. The summed E-state index contributed by atoms with van der Waals surface area (Å²) in [6.07, 6.45) is 1.59. The van der Waals surface area contributed by atoms with Gasteiger partial charge in [0, 0.05) is 12.5 Å². The lowest BCUT2D eigenvalue weighted by Gasteiger charge is -2.32. The minimum absolute atomic E-state index is 0.207. The maximum atomic E-state index is 10.1. The quantitative estimate of drug-likeness (QED) is 0.911. The zero-order valence-corrected chi connectivity index (χ0v) is 14.9. The third kappa shape index (κ3) is 4.56. The Hall–Kier alpha value is -1.43. The number of fused-ring (bicyclic) bond motifs is 1. The maximum Gasteiger partial charge on any atom is 0.198 e. The fourth-order valence-electron chi connectivity index (χ4n) is 3.12. The second kappa shape index (κ2) is 7.21. The fraction of sp³-hybridized carbons (Fsp3) is 0.632. The highest BCUT2D eigenvalue weighted by molar-refractivity contribution is 5.72. The van der Waals surface area contributed by atoms with Gasteiger partial charge in [0.15, 0.2) is 11.5 Å². The van der Waals surface area contributed by atoms with Gasteiger partial charge in [0.25, 0.3) is 0 Å². The highest BCUT2D eigenvalue weighted by Crippen LogP contribution is 2.29. The Labute approximate surface area is 143 Å². The Balaban J connectivity index is 1.48. The lowest BCUT2D eigenvalue weighted by Crippen LogP contribution is -2.40. The van der Waals surface area contributed by atoms with E-state index in [9.17, 15) is 5.11 Å². The summed E-state index contributed by atoms with van der Waals surface area (Å²) in [6, 6.07) is 7.91. The van der Waals surface area contributed by atoms with E-state index in [4.69, 9.17) is 9.15 Å². The smallest absolute Gasteiger partial charge is 0.198 e. The number of aliphatic hydroxyl groups excluding tert-OH is 1. The number of hydrogen-bond donors (Lipinski definition) is 1. The number of rotatable bonds is 5. The third-order valence-corrected chi connectivity index (χ3v) is 4.42. The van der Waals surface area contributed by atoms with Gasteiger partial charge in [-0.05, 0) is 58.8 Å². The summed E-state index contributed by atoms with van der Waals surface area (Å²) >= 11 is 0. The summed E-state index contributed by atoms with van der Waals surface area (Å²) in [5.74, 6) is 1.23. The van der Waals surface area contributed by atoms with E-state index in [-0.39, 0.29) is 5.60 Å². The first-order valence-corrected chi connectivity index (χ1v) is 8.80. The molecular weight excluding hydrogens is 304 g/mol. The molecule has 1 aromatic carbocycles. The molecular formula is C19H28N2O3. The van der Waals surface area contributed by atoms with Gasteiger partial charge in [0.05, 0.1) is 18.3 Å². The third-order valence-electron chi connectivity index (χ3n) is 4.42. The zero-order valence-electron chi connectivity index (χ0n) is 14.9. The van der Waals surface area contributed by atoms with Crippen LogP contribution < -0.4 is 0 Å². The Morgan fingerprint density at radius 3 is 2.67 bits per heavy atom. The SMILES string of the molecule is CC(C)(C)OCC(O)CN1CCC(c2nc3ccccc3o2)CC1. The molecule has 0 spiro atoms. The first kappa shape index (κ1) is 17.4. The van der Waals surface area contributed by atoms with Crippen molar-refractivity contribution in [3.05, 3.63) is 30.2 Å². The minimum Gasteiger partial charge on any atom is -0.440 e. The molecule has 1 unspecified atom stereocenters. The molecule has 24 heavy (non-hydrogen) atoms. The van der Waals surface area contributed by atoms with Crippen LogP contribution in [0, 0.1) is 0 Å². The monoisotopic (exact) mass is 332 g/mol. The number of nitrogens with zero attached hydrogens (tertiary/aromatic N) is 2. The molecule has 1 saturated heterocycles. The van der Waals surface area contributed by atoms with Crippen LogP contribution in [0.3, 0.4) is 0 Å². The molecule has 1 atom stereocenters. The van der Waals surface area contributed by atoms with Crippen molar-refractivity contribution in [1.29, 1.82) is 0 Å². The van der Waals surface area contributed by atoms with E-state index < -0.39 is 6.10 Å². The Morgan fingerprint density at radius 1 is 1.29 bits per heavy atom. The molecule has 1 fully saturated rings.